The maximum atomic E-state index is 12.1. The Kier molecular flexibility index (Phi) is 5.19. The van der Waals surface area contributed by atoms with Gasteiger partial charge in [-0.25, -0.2) is 4.72 Å². The highest BCUT2D eigenvalue weighted by atomic mass is 32.2. The summed E-state index contributed by atoms with van der Waals surface area (Å²) in [5, 5.41) is 0.862. The van der Waals surface area contributed by atoms with Crippen molar-refractivity contribution in [2.75, 3.05) is 0 Å². The van der Waals surface area contributed by atoms with E-state index in [2.05, 4.69) is 4.72 Å². The molecule has 0 aliphatic rings. The van der Waals surface area contributed by atoms with Gasteiger partial charge < -0.3 is 13.5 Å². The summed E-state index contributed by atoms with van der Waals surface area (Å²) in [7, 11) is 1.71. The van der Waals surface area contributed by atoms with Gasteiger partial charge in [-0.3, -0.25) is 9.00 Å². The third kappa shape index (κ3) is 3.93. The first-order valence-electron chi connectivity index (χ1n) is 9.04. The highest BCUT2D eigenvalue weighted by Crippen LogP contribution is 2.35. The lowest BCUT2D eigenvalue weighted by molar-refractivity contribution is 0.522. The topological polar surface area (TPSA) is 87.3 Å². The minimum atomic E-state index is -2.35. The van der Waals surface area contributed by atoms with E-state index in [9.17, 15) is 13.6 Å². The quantitative estimate of drug-likeness (QED) is 0.512. The van der Waals surface area contributed by atoms with Crippen LogP contribution in [-0.2, 0) is 24.9 Å². The van der Waals surface area contributed by atoms with Crippen LogP contribution in [0.5, 0.6) is 0 Å². The summed E-state index contributed by atoms with van der Waals surface area (Å²) in [4.78, 5) is 12.1. The number of nitrogens with zero attached hydrogens (tertiary/aromatic N) is 1. The van der Waals surface area contributed by atoms with Crippen LogP contribution in [0.3, 0.4) is 0 Å². The maximum absolute atomic E-state index is 12.1. The van der Waals surface area contributed by atoms with E-state index in [1.807, 2.05) is 54.6 Å². The van der Waals surface area contributed by atoms with Crippen LogP contribution in [0.4, 0.5) is 0 Å². The number of benzene rings is 2. The number of rotatable bonds is 5. The van der Waals surface area contributed by atoms with Crippen LogP contribution < -0.4 is 10.3 Å². The van der Waals surface area contributed by atoms with Gasteiger partial charge in [0.25, 0.3) is 5.56 Å². The standard InChI is InChI=1S/C22H20N2O4S/c1-14-8-18(13-24(2)22(14)25)19-10-15(12-23-29(26)27)9-17-11-20(28-21(17)19)16-6-4-3-5-7-16/h3-11,13,23H,12H2,1-2H3,(H,26,27)/p-1. The van der Waals surface area contributed by atoms with Crippen molar-refractivity contribution in [3.8, 4) is 22.5 Å². The smallest absolute Gasteiger partial charge is 0.253 e. The fourth-order valence-corrected chi connectivity index (χ4v) is 3.73. The van der Waals surface area contributed by atoms with Crippen molar-refractivity contribution in [1.29, 1.82) is 0 Å². The molecule has 4 aromatic rings. The Hall–Kier alpha value is -3.00. The molecule has 148 valence electrons. The molecule has 0 radical (unpaired) electrons. The van der Waals surface area contributed by atoms with Gasteiger partial charge in [0.1, 0.15) is 11.3 Å². The fourth-order valence-electron chi connectivity index (χ4n) is 3.44. The minimum Gasteiger partial charge on any atom is -0.760 e. The minimum absolute atomic E-state index is 0.0611. The maximum Gasteiger partial charge on any atom is 0.253 e. The molecule has 0 aliphatic carbocycles. The average molecular weight is 407 g/mol. The third-order valence-electron chi connectivity index (χ3n) is 4.80. The first-order chi connectivity index (χ1) is 13.9. The molecular weight excluding hydrogens is 388 g/mol. The summed E-state index contributed by atoms with van der Waals surface area (Å²) in [5.74, 6) is 0.723. The molecule has 0 saturated carbocycles. The van der Waals surface area contributed by atoms with Crippen molar-refractivity contribution in [2.24, 2.45) is 7.05 Å². The van der Waals surface area contributed by atoms with Crippen LogP contribution in [0.15, 0.2) is 70.0 Å². The summed E-state index contributed by atoms with van der Waals surface area (Å²) in [6, 6.07) is 17.3. The predicted octanol–water partition coefficient (Wildman–Crippen LogP) is 3.66. The van der Waals surface area contributed by atoms with Gasteiger partial charge in [-0.15, -0.1) is 0 Å². The van der Waals surface area contributed by atoms with Crippen LogP contribution in [0, 0.1) is 6.92 Å². The summed E-state index contributed by atoms with van der Waals surface area (Å²) < 4.78 is 32.0. The van der Waals surface area contributed by atoms with Gasteiger partial charge in [0.05, 0.1) is 0 Å². The summed E-state index contributed by atoms with van der Waals surface area (Å²) in [5.41, 5.74) is 4.63. The first-order valence-corrected chi connectivity index (χ1v) is 10.1. The zero-order valence-electron chi connectivity index (χ0n) is 16.0. The number of fused-ring (bicyclic) bond motifs is 1. The molecular formula is C22H19N2O4S-. The van der Waals surface area contributed by atoms with Gasteiger partial charge in [-0.1, -0.05) is 30.3 Å². The molecule has 1 unspecified atom stereocenters. The largest absolute Gasteiger partial charge is 0.760 e. The lowest BCUT2D eigenvalue weighted by Crippen LogP contribution is -2.18. The van der Waals surface area contributed by atoms with Gasteiger partial charge in [0, 0.05) is 58.7 Å². The van der Waals surface area contributed by atoms with E-state index in [0.717, 1.165) is 33.4 Å². The zero-order chi connectivity index (χ0) is 20.5. The number of aromatic nitrogens is 1. The molecule has 1 N–H and O–H groups in total. The molecule has 0 fully saturated rings. The van der Waals surface area contributed by atoms with Gasteiger partial charge in [-0.2, -0.15) is 0 Å². The lowest BCUT2D eigenvalue weighted by atomic mass is 10.0. The van der Waals surface area contributed by atoms with Crippen molar-refractivity contribution < 1.29 is 13.2 Å². The fraction of sp³-hybridized carbons (Fsp3) is 0.136. The Morgan fingerprint density at radius 3 is 2.55 bits per heavy atom. The number of pyridine rings is 1. The highest BCUT2D eigenvalue weighted by molar-refractivity contribution is 7.77. The van der Waals surface area contributed by atoms with Crippen molar-refractivity contribution in [3.05, 3.63) is 82.3 Å². The zero-order valence-corrected chi connectivity index (χ0v) is 16.8. The molecule has 2 heterocycles. The van der Waals surface area contributed by atoms with E-state index in [1.54, 1.807) is 20.2 Å². The molecule has 0 spiro atoms. The Bertz CT molecular complexity index is 1250. The van der Waals surface area contributed by atoms with Crippen molar-refractivity contribution >= 4 is 22.2 Å². The second-order valence-corrected chi connectivity index (χ2v) is 7.68. The van der Waals surface area contributed by atoms with E-state index in [0.29, 0.717) is 11.1 Å². The van der Waals surface area contributed by atoms with E-state index < -0.39 is 11.3 Å². The lowest BCUT2D eigenvalue weighted by Gasteiger charge is -2.11. The monoisotopic (exact) mass is 407 g/mol. The summed E-state index contributed by atoms with van der Waals surface area (Å²) >= 11 is -2.35. The summed E-state index contributed by atoms with van der Waals surface area (Å²) in [6.45, 7) is 1.93. The van der Waals surface area contributed by atoms with Crippen LogP contribution in [-0.4, -0.2) is 13.3 Å². The molecule has 29 heavy (non-hydrogen) atoms. The molecule has 0 aliphatic heterocycles. The molecule has 2 aromatic carbocycles. The number of aryl methyl sites for hydroxylation is 2. The third-order valence-corrected chi connectivity index (χ3v) is 5.18. The number of furan rings is 1. The van der Waals surface area contributed by atoms with Crippen LogP contribution >= 0.6 is 0 Å². The number of hydrogen-bond acceptors (Lipinski definition) is 4. The predicted molar refractivity (Wildman–Crippen MR) is 113 cm³/mol. The van der Waals surface area contributed by atoms with Crippen LogP contribution in [0.1, 0.15) is 11.1 Å². The molecule has 0 saturated heterocycles. The van der Waals surface area contributed by atoms with Gasteiger partial charge in [0.2, 0.25) is 0 Å². The van der Waals surface area contributed by atoms with Gasteiger partial charge >= 0.3 is 0 Å². The molecule has 7 heteroatoms. The molecule has 2 aromatic heterocycles. The SMILES string of the molecule is Cc1cc(-c2cc(CNS(=O)[O-])cc3cc(-c4ccccc4)oc23)cn(C)c1=O. The van der Waals surface area contributed by atoms with E-state index >= 15 is 0 Å². The molecule has 1 atom stereocenters. The van der Waals surface area contributed by atoms with Crippen molar-refractivity contribution in [2.45, 2.75) is 13.5 Å². The normalized spacial score (nSPS) is 12.4. The van der Waals surface area contributed by atoms with Gasteiger partial charge in [-0.05, 0) is 36.8 Å². The average Bonchev–Trinajstić information content (AvgIpc) is 3.14. The van der Waals surface area contributed by atoms with E-state index in [4.69, 9.17) is 4.42 Å². The summed E-state index contributed by atoms with van der Waals surface area (Å²) in [6.07, 6.45) is 1.76. The van der Waals surface area contributed by atoms with Crippen molar-refractivity contribution in [3.63, 3.8) is 0 Å². The van der Waals surface area contributed by atoms with Gasteiger partial charge in [0.15, 0.2) is 0 Å². The molecule has 0 amide bonds. The van der Waals surface area contributed by atoms with E-state index in [-0.39, 0.29) is 12.1 Å². The number of hydrogen-bond donors (Lipinski definition) is 1. The second kappa shape index (κ2) is 7.79. The molecule has 6 nitrogen and oxygen atoms in total. The first kappa shape index (κ1) is 19.3. The Labute approximate surface area is 170 Å². The Morgan fingerprint density at radius 2 is 1.86 bits per heavy atom. The van der Waals surface area contributed by atoms with Crippen molar-refractivity contribution in [1.82, 2.24) is 9.29 Å². The Morgan fingerprint density at radius 1 is 1.10 bits per heavy atom. The van der Waals surface area contributed by atoms with E-state index in [1.165, 1.54) is 4.57 Å². The second-order valence-electron chi connectivity index (χ2n) is 6.92. The molecule has 0 bridgehead atoms. The number of nitrogens with one attached hydrogen (secondary N) is 1. The van der Waals surface area contributed by atoms with Crippen LogP contribution in [0.2, 0.25) is 0 Å². The Balaban J connectivity index is 1.93. The highest BCUT2D eigenvalue weighted by Gasteiger charge is 2.15. The molecule has 4 rings (SSSR count). The van der Waals surface area contributed by atoms with Crippen LogP contribution in [0.25, 0.3) is 33.4 Å².